The largest absolute Gasteiger partial charge is 0.497 e. The van der Waals surface area contributed by atoms with Crippen LogP contribution >= 0.6 is 0 Å². The van der Waals surface area contributed by atoms with E-state index >= 15 is 0 Å². The Morgan fingerprint density at radius 2 is 1.00 bits per heavy atom. The number of aromatic nitrogens is 4. The summed E-state index contributed by atoms with van der Waals surface area (Å²) >= 11 is 0. The molecule has 0 saturated carbocycles. The van der Waals surface area contributed by atoms with Gasteiger partial charge in [-0.1, -0.05) is 18.2 Å². The standard InChI is InChI=1S/C26H22N4O2/c1-31-21-10-6-17(7-11-21)23-15-27-25(29-23)19-4-3-5-20(14-19)26-28-16-24(30-26)18-8-12-22(32-2)13-9-18/h3-16H,1-2H3,(H,27,29)(H,28,30). The van der Waals surface area contributed by atoms with Gasteiger partial charge in [-0.3, -0.25) is 0 Å². The molecule has 0 fully saturated rings. The van der Waals surface area contributed by atoms with Crippen LogP contribution < -0.4 is 9.47 Å². The Morgan fingerprint density at radius 3 is 1.41 bits per heavy atom. The maximum atomic E-state index is 5.23. The number of rotatable bonds is 6. The summed E-state index contributed by atoms with van der Waals surface area (Å²) in [6, 6.07) is 23.9. The van der Waals surface area contributed by atoms with Crippen LogP contribution in [0.25, 0.3) is 45.3 Å². The van der Waals surface area contributed by atoms with E-state index in [1.807, 2.05) is 79.1 Å². The molecule has 0 aliphatic rings. The van der Waals surface area contributed by atoms with Gasteiger partial charge >= 0.3 is 0 Å². The monoisotopic (exact) mass is 422 g/mol. The van der Waals surface area contributed by atoms with Crippen LogP contribution in [0.1, 0.15) is 0 Å². The molecule has 0 amide bonds. The van der Waals surface area contributed by atoms with E-state index in [-0.39, 0.29) is 0 Å². The maximum absolute atomic E-state index is 5.23. The first kappa shape index (κ1) is 19.6. The number of nitrogens with zero attached hydrogens (tertiary/aromatic N) is 2. The molecule has 2 aromatic heterocycles. The second-order valence-electron chi connectivity index (χ2n) is 7.31. The molecule has 0 radical (unpaired) electrons. The highest BCUT2D eigenvalue weighted by molar-refractivity contribution is 5.71. The fourth-order valence-electron chi connectivity index (χ4n) is 3.57. The van der Waals surface area contributed by atoms with Crippen LogP contribution in [0.4, 0.5) is 0 Å². The van der Waals surface area contributed by atoms with Gasteiger partial charge in [-0.05, 0) is 54.6 Å². The zero-order valence-corrected chi connectivity index (χ0v) is 17.8. The van der Waals surface area contributed by atoms with Gasteiger partial charge in [0.05, 0.1) is 25.6 Å². The average Bonchev–Trinajstić information content (AvgIpc) is 3.55. The van der Waals surface area contributed by atoms with E-state index in [1.165, 1.54) is 0 Å². The molecule has 2 heterocycles. The molecule has 0 aliphatic heterocycles. The van der Waals surface area contributed by atoms with Gasteiger partial charge in [0.2, 0.25) is 0 Å². The van der Waals surface area contributed by atoms with Crippen molar-refractivity contribution in [1.29, 1.82) is 0 Å². The molecule has 158 valence electrons. The summed E-state index contributed by atoms with van der Waals surface area (Å²) in [5, 5.41) is 0. The summed E-state index contributed by atoms with van der Waals surface area (Å²) in [6.07, 6.45) is 3.83. The predicted molar refractivity (Wildman–Crippen MR) is 126 cm³/mol. The molecule has 6 heteroatoms. The highest BCUT2D eigenvalue weighted by atomic mass is 16.5. The molecular weight excluding hydrogens is 400 g/mol. The number of hydrogen-bond donors (Lipinski definition) is 2. The number of methoxy groups -OCH3 is 2. The molecule has 3 aromatic carbocycles. The third-order valence-electron chi connectivity index (χ3n) is 5.34. The number of aromatic amines is 2. The minimum absolute atomic E-state index is 0.805. The number of hydrogen-bond acceptors (Lipinski definition) is 4. The van der Waals surface area contributed by atoms with Crippen molar-refractivity contribution in [2.45, 2.75) is 0 Å². The Balaban J connectivity index is 1.40. The van der Waals surface area contributed by atoms with Crippen molar-refractivity contribution in [2.24, 2.45) is 0 Å². The van der Waals surface area contributed by atoms with E-state index in [0.29, 0.717) is 0 Å². The lowest BCUT2D eigenvalue weighted by molar-refractivity contribution is 0.415. The van der Waals surface area contributed by atoms with Gasteiger partial charge in [0.15, 0.2) is 0 Å². The van der Waals surface area contributed by atoms with E-state index in [4.69, 9.17) is 19.4 Å². The first-order valence-corrected chi connectivity index (χ1v) is 10.2. The molecule has 0 bridgehead atoms. The number of ether oxygens (including phenoxy) is 2. The molecule has 6 nitrogen and oxygen atoms in total. The quantitative estimate of drug-likeness (QED) is 0.362. The van der Waals surface area contributed by atoms with E-state index < -0.39 is 0 Å². The molecule has 32 heavy (non-hydrogen) atoms. The lowest BCUT2D eigenvalue weighted by atomic mass is 10.1. The third kappa shape index (κ3) is 3.86. The summed E-state index contributed by atoms with van der Waals surface area (Å²) in [5.41, 5.74) is 5.80. The highest BCUT2D eigenvalue weighted by Crippen LogP contribution is 2.28. The van der Waals surface area contributed by atoms with Crippen molar-refractivity contribution in [2.75, 3.05) is 14.2 Å². The molecule has 0 unspecified atom stereocenters. The van der Waals surface area contributed by atoms with E-state index in [1.54, 1.807) is 14.2 Å². The first-order valence-electron chi connectivity index (χ1n) is 10.2. The summed E-state index contributed by atoms with van der Waals surface area (Å²) in [5.74, 6) is 3.26. The van der Waals surface area contributed by atoms with Gasteiger partial charge < -0.3 is 19.4 Å². The normalized spacial score (nSPS) is 10.8. The maximum Gasteiger partial charge on any atom is 0.138 e. The van der Waals surface area contributed by atoms with Crippen LogP contribution in [0, 0.1) is 0 Å². The molecule has 0 atom stereocenters. The van der Waals surface area contributed by atoms with Crippen LogP contribution in [0.5, 0.6) is 11.5 Å². The number of benzene rings is 3. The van der Waals surface area contributed by atoms with Crippen molar-refractivity contribution in [1.82, 2.24) is 19.9 Å². The van der Waals surface area contributed by atoms with Crippen LogP contribution in [0.15, 0.2) is 85.2 Å². The topological polar surface area (TPSA) is 75.8 Å². The van der Waals surface area contributed by atoms with Crippen molar-refractivity contribution in [3.05, 3.63) is 85.2 Å². The lowest BCUT2D eigenvalue weighted by Crippen LogP contribution is -1.86. The lowest BCUT2D eigenvalue weighted by Gasteiger charge is -2.02. The summed E-state index contributed by atoms with van der Waals surface area (Å²) in [7, 11) is 3.32. The Morgan fingerprint density at radius 1 is 0.562 bits per heavy atom. The van der Waals surface area contributed by atoms with Gasteiger partial charge in [-0.2, -0.15) is 0 Å². The Labute approximate surface area is 185 Å². The smallest absolute Gasteiger partial charge is 0.138 e. The van der Waals surface area contributed by atoms with Crippen LogP contribution in [0.2, 0.25) is 0 Å². The Hall–Kier alpha value is -4.32. The molecular formula is C26H22N4O2. The number of H-pyrrole nitrogens is 2. The minimum atomic E-state index is 0.805. The van der Waals surface area contributed by atoms with Crippen molar-refractivity contribution < 1.29 is 9.47 Å². The highest BCUT2D eigenvalue weighted by Gasteiger charge is 2.10. The summed E-state index contributed by atoms with van der Waals surface area (Å²) in [6.45, 7) is 0. The molecule has 5 aromatic rings. The average molecular weight is 422 g/mol. The van der Waals surface area contributed by atoms with Crippen molar-refractivity contribution in [3.8, 4) is 56.8 Å². The van der Waals surface area contributed by atoms with Gasteiger partial charge in [0.1, 0.15) is 23.1 Å². The van der Waals surface area contributed by atoms with Crippen molar-refractivity contribution in [3.63, 3.8) is 0 Å². The molecule has 0 saturated heterocycles. The van der Waals surface area contributed by atoms with Gasteiger partial charge in [0, 0.05) is 34.6 Å². The minimum Gasteiger partial charge on any atom is -0.497 e. The fraction of sp³-hybridized carbons (Fsp3) is 0.0769. The SMILES string of the molecule is COc1ccc(-c2c[nH]c(-c3cccc(-c4nc(-c5ccc(OC)cc5)c[nH]4)c3)n2)cc1. The molecule has 2 N–H and O–H groups in total. The first-order chi connectivity index (χ1) is 15.7. The second-order valence-corrected chi connectivity index (χ2v) is 7.31. The second kappa shape index (κ2) is 8.43. The van der Waals surface area contributed by atoms with E-state index in [2.05, 4.69) is 16.0 Å². The predicted octanol–water partition coefficient (Wildman–Crippen LogP) is 5.82. The van der Waals surface area contributed by atoms with Crippen molar-refractivity contribution >= 4 is 0 Å². The molecule has 0 aliphatic carbocycles. The van der Waals surface area contributed by atoms with Gasteiger partial charge in [0.25, 0.3) is 0 Å². The summed E-state index contributed by atoms with van der Waals surface area (Å²) in [4.78, 5) is 16.1. The van der Waals surface area contributed by atoms with Crippen LogP contribution in [-0.4, -0.2) is 34.2 Å². The van der Waals surface area contributed by atoms with E-state index in [0.717, 1.165) is 56.8 Å². The zero-order valence-electron chi connectivity index (χ0n) is 17.8. The van der Waals surface area contributed by atoms with Gasteiger partial charge in [-0.25, -0.2) is 9.97 Å². The molecule has 5 rings (SSSR count). The Kier molecular flexibility index (Phi) is 5.17. The zero-order chi connectivity index (χ0) is 21.9. The van der Waals surface area contributed by atoms with E-state index in [9.17, 15) is 0 Å². The van der Waals surface area contributed by atoms with Gasteiger partial charge in [-0.15, -0.1) is 0 Å². The third-order valence-corrected chi connectivity index (χ3v) is 5.34. The van der Waals surface area contributed by atoms with Crippen LogP contribution in [0.3, 0.4) is 0 Å². The molecule has 0 spiro atoms. The number of imidazole rings is 2. The van der Waals surface area contributed by atoms with Crippen LogP contribution in [-0.2, 0) is 0 Å². The Bertz CT molecular complexity index is 1230. The number of nitrogens with one attached hydrogen (secondary N) is 2. The summed E-state index contributed by atoms with van der Waals surface area (Å²) < 4.78 is 10.5. The fourth-order valence-corrected chi connectivity index (χ4v) is 3.57.